The van der Waals surface area contributed by atoms with E-state index in [2.05, 4.69) is 50.5 Å². The molecule has 0 saturated heterocycles. The van der Waals surface area contributed by atoms with E-state index in [1.807, 2.05) is 22.7 Å². The molecule has 6 nitrogen and oxygen atoms in total. The molecule has 0 saturated carbocycles. The average Bonchev–Trinajstić information content (AvgIpc) is 2.93. The molecule has 0 spiro atoms. The number of methoxy groups -OCH3 is 1. The van der Waals surface area contributed by atoms with E-state index in [-0.39, 0.29) is 17.9 Å². The summed E-state index contributed by atoms with van der Waals surface area (Å²) in [7, 11) is 5.25. The van der Waals surface area contributed by atoms with Crippen LogP contribution >= 0.6 is 12.1 Å². The van der Waals surface area contributed by atoms with Gasteiger partial charge in [0.25, 0.3) is 0 Å². The SMILES string of the molecule is CCCn1c(C(C)(C)C)nc2cc(N(C)SN(C)CC(=O)OC)ccc21. The molecule has 0 unspecified atom stereocenters. The molecule has 0 N–H and O–H groups in total. The van der Waals surface area contributed by atoms with Gasteiger partial charge in [0, 0.05) is 31.1 Å². The summed E-state index contributed by atoms with van der Waals surface area (Å²) in [5.41, 5.74) is 3.21. The first-order chi connectivity index (χ1) is 12.2. The predicted octanol–water partition coefficient (Wildman–Crippen LogP) is 3.85. The van der Waals surface area contributed by atoms with Crippen LogP contribution in [0.5, 0.6) is 0 Å². The lowest BCUT2D eigenvalue weighted by Gasteiger charge is -2.23. The summed E-state index contributed by atoms with van der Waals surface area (Å²) >= 11 is 1.46. The van der Waals surface area contributed by atoms with Gasteiger partial charge in [-0.05, 0) is 31.7 Å². The molecule has 0 aliphatic heterocycles. The van der Waals surface area contributed by atoms with Gasteiger partial charge >= 0.3 is 5.97 Å². The van der Waals surface area contributed by atoms with E-state index in [0.717, 1.165) is 30.0 Å². The zero-order valence-corrected chi connectivity index (χ0v) is 17.7. The van der Waals surface area contributed by atoms with Crippen molar-refractivity contribution in [2.75, 3.05) is 32.1 Å². The Morgan fingerprint density at radius 1 is 1.31 bits per heavy atom. The van der Waals surface area contributed by atoms with E-state index in [1.165, 1.54) is 24.8 Å². The Hall–Kier alpha value is -1.73. The Morgan fingerprint density at radius 3 is 2.58 bits per heavy atom. The lowest BCUT2D eigenvalue weighted by Crippen LogP contribution is -2.25. The fourth-order valence-electron chi connectivity index (χ4n) is 2.87. The fourth-order valence-corrected chi connectivity index (χ4v) is 3.66. The summed E-state index contributed by atoms with van der Waals surface area (Å²) in [6, 6.07) is 6.34. The first-order valence-electron chi connectivity index (χ1n) is 8.88. The van der Waals surface area contributed by atoms with Crippen LogP contribution in [-0.4, -0.2) is 47.6 Å². The number of hydrogen-bond acceptors (Lipinski definition) is 6. The minimum atomic E-state index is -0.253. The van der Waals surface area contributed by atoms with Crippen molar-refractivity contribution in [1.82, 2.24) is 13.9 Å². The van der Waals surface area contributed by atoms with Crippen molar-refractivity contribution < 1.29 is 9.53 Å². The molecule has 0 fully saturated rings. The van der Waals surface area contributed by atoms with Crippen LogP contribution in [0.15, 0.2) is 18.2 Å². The van der Waals surface area contributed by atoms with Gasteiger partial charge in [0.05, 0.1) is 23.8 Å². The van der Waals surface area contributed by atoms with Crippen molar-refractivity contribution in [3.8, 4) is 0 Å². The molecule has 0 atom stereocenters. The summed E-state index contributed by atoms with van der Waals surface area (Å²) in [6.07, 6.45) is 1.07. The van der Waals surface area contributed by atoms with Crippen LogP contribution in [-0.2, 0) is 21.5 Å². The highest BCUT2D eigenvalue weighted by atomic mass is 32.2. The normalized spacial score (nSPS) is 12.0. The van der Waals surface area contributed by atoms with E-state index in [1.54, 1.807) is 0 Å². The number of fused-ring (bicyclic) bond motifs is 1. The number of nitrogens with zero attached hydrogens (tertiary/aromatic N) is 4. The zero-order valence-electron chi connectivity index (χ0n) is 16.9. The van der Waals surface area contributed by atoms with E-state index in [0.29, 0.717) is 0 Å². The average molecular weight is 379 g/mol. The summed E-state index contributed by atoms with van der Waals surface area (Å²) < 4.78 is 10.9. The Bertz CT molecular complexity index is 767. The van der Waals surface area contributed by atoms with Crippen molar-refractivity contribution in [3.63, 3.8) is 0 Å². The number of rotatable bonds is 7. The smallest absolute Gasteiger partial charge is 0.320 e. The molecular weight excluding hydrogens is 348 g/mol. The van der Waals surface area contributed by atoms with Gasteiger partial charge in [0.15, 0.2) is 0 Å². The summed E-state index contributed by atoms with van der Waals surface area (Å²) in [5, 5.41) is 0. The van der Waals surface area contributed by atoms with Crippen molar-refractivity contribution in [2.45, 2.75) is 46.1 Å². The number of imidazole rings is 1. The first-order valence-corrected chi connectivity index (χ1v) is 9.61. The molecule has 26 heavy (non-hydrogen) atoms. The number of anilines is 1. The Kier molecular flexibility index (Phi) is 6.58. The van der Waals surface area contributed by atoms with Crippen LogP contribution in [0, 0.1) is 0 Å². The molecule has 2 rings (SSSR count). The van der Waals surface area contributed by atoms with Crippen LogP contribution < -0.4 is 4.31 Å². The fraction of sp³-hybridized carbons (Fsp3) is 0.579. The third kappa shape index (κ3) is 4.71. The Balaban J connectivity index is 2.29. The van der Waals surface area contributed by atoms with Gasteiger partial charge in [-0.15, -0.1) is 0 Å². The lowest BCUT2D eigenvalue weighted by molar-refractivity contribution is -0.140. The molecule has 144 valence electrons. The summed E-state index contributed by atoms with van der Waals surface area (Å²) in [6.45, 7) is 9.98. The third-order valence-electron chi connectivity index (χ3n) is 4.05. The molecule has 2 aromatic rings. The largest absolute Gasteiger partial charge is 0.468 e. The van der Waals surface area contributed by atoms with Gasteiger partial charge in [-0.25, -0.2) is 9.29 Å². The minimum absolute atomic E-state index is 0.00423. The van der Waals surface area contributed by atoms with Crippen LogP contribution in [0.2, 0.25) is 0 Å². The number of hydrogen-bond donors (Lipinski definition) is 0. The molecule has 7 heteroatoms. The second-order valence-electron chi connectivity index (χ2n) is 7.45. The minimum Gasteiger partial charge on any atom is -0.468 e. The number of carbonyl (C=O) groups excluding carboxylic acids is 1. The van der Waals surface area contributed by atoms with E-state index < -0.39 is 0 Å². The van der Waals surface area contributed by atoms with Crippen molar-refractivity contribution >= 4 is 34.8 Å². The quantitative estimate of drug-likeness (QED) is 0.539. The van der Waals surface area contributed by atoms with Gasteiger partial charge in [-0.3, -0.25) is 4.79 Å². The second-order valence-corrected chi connectivity index (χ2v) is 8.79. The van der Waals surface area contributed by atoms with Crippen molar-refractivity contribution in [3.05, 3.63) is 24.0 Å². The molecule has 1 heterocycles. The van der Waals surface area contributed by atoms with Gasteiger partial charge in [-0.2, -0.15) is 0 Å². The maximum Gasteiger partial charge on any atom is 0.320 e. The molecule has 0 aliphatic carbocycles. The molecule has 1 aromatic heterocycles. The number of ether oxygens (including phenoxy) is 1. The van der Waals surface area contributed by atoms with E-state index in [9.17, 15) is 4.79 Å². The zero-order chi connectivity index (χ0) is 19.5. The number of aryl methyl sites for hydroxylation is 1. The number of benzene rings is 1. The number of esters is 1. The lowest BCUT2D eigenvalue weighted by atomic mass is 9.95. The van der Waals surface area contributed by atoms with Crippen LogP contribution in [0.3, 0.4) is 0 Å². The first kappa shape index (κ1) is 20.6. The van der Waals surface area contributed by atoms with Gasteiger partial charge in [0.1, 0.15) is 12.4 Å². The molecular formula is C19H30N4O2S. The number of likely N-dealkylation sites (N-methyl/N-ethyl adjacent to an activating group) is 1. The van der Waals surface area contributed by atoms with Gasteiger partial charge in [-0.1, -0.05) is 27.7 Å². The maximum absolute atomic E-state index is 11.4. The number of carbonyl (C=O) groups is 1. The highest BCUT2D eigenvalue weighted by Crippen LogP contribution is 2.30. The molecule has 1 aromatic carbocycles. The predicted molar refractivity (Wildman–Crippen MR) is 109 cm³/mol. The molecule has 0 bridgehead atoms. The number of aromatic nitrogens is 2. The van der Waals surface area contributed by atoms with Crippen LogP contribution in [0.4, 0.5) is 5.69 Å². The molecule has 0 amide bonds. The summed E-state index contributed by atoms with van der Waals surface area (Å²) in [5.74, 6) is 0.863. The standard InChI is InChI=1S/C19H30N4O2S/c1-8-11-23-16-10-9-14(12-15(16)20-18(23)19(2,3)4)22(6)26-21(5)13-17(24)25-7/h9-10,12H,8,11,13H2,1-7H3. The highest BCUT2D eigenvalue weighted by Gasteiger charge is 2.23. The Morgan fingerprint density at radius 2 is 2.00 bits per heavy atom. The monoisotopic (exact) mass is 378 g/mol. The summed E-state index contributed by atoms with van der Waals surface area (Å²) in [4.78, 5) is 16.3. The van der Waals surface area contributed by atoms with Crippen LogP contribution in [0.1, 0.15) is 39.9 Å². The highest BCUT2D eigenvalue weighted by molar-refractivity contribution is 7.98. The van der Waals surface area contributed by atoms with Crippen molar-refractivity contribution in [1.29, 1.82) is 0 Å². The molecule has 0 radical (unpaired) electrons. The second kappa shape index (κ2) is 8.31. The maximum atomic E-state index is 11.4. The van der Waals surface area contributed by atoms with Gasteiger partial charge in [0.2, 0.25) is 0 Å². The molecule has 0 aliphatic rings. The van der Waals surface area contributed by atoms with Crippen molar-refractivity contribution in [2.24, 2.45) is 0 Å². The van der Waals surface area contributed by atoms with Crippen LogP contribution in [0.25, 0.3) is 11.0 Å². The Labute approximate surface area is 160 Å². The van der Waals surface area contributed by atoms with Gasteiger partial charge < -0.3 is 13.6 Å². The topological polar surface area (TPSA) is 50.6 Å². The third-order valence-corrected chi connectivity index (χ3v) is 4.92. The van der Waals surface area contributed by atoms with E-state index in [4.69, 9.17) is 9.72 Å². The van der Waals surface area contributed by atoms with E-state index >= 15 is 0 Å².